The van der Waals surface area contributed by atoms with Crippen molar-refractivity contribution in [1.29, 1.82) is 0 Å². The second-order valence-electron chi connectivity index (χ2n) is 8.36. The number of rotatable bonds is 6. The van der Waals surface area contributed by atoms with Gasteiger partial charge in [0.15, 0.2) is 0 Å². The summed E-state index contributed by atoms with van der Waals surface area (Å²) in [6.45, 7) is 4.35. The van der Waals surface area contributed by atoms with Crippen molar-refractivity contribution in [3.8, 4) is 0 Å². The number of benzene rings is 2. The van der Waals surface area contributed by atoms with Crippen LogP contribution >= 0.6 is 0 Å². The molecule has 0 fully saturated rings. The lowest BCUT2D eigenvalue weighted by Crippen LogP contribution is -2.55. The van der Waals surface area contributed by atoms with Crippen LogP contribution in [-0.2, 0) is 6.42 Å². The molecular formula is C25H32N2O. The molecule has 1 aliphatic rings. The normalized spacial score (nSPS) is 20.4. The molecule has 0 saturated carbocycles. The van der Waals surface area contributed by atoms with Gasteiger partial charge in [-0.2, -0.15) is 0 Å². The highest BCUT2D eigenvalue weighted by atomic mass is 16.3. The number of nitrogens with zero attached hydrogens (tertiary/aromatic N) is 1. The van der Waals surface area contributed by atoms with Gasteiger partial charge in [0.25, 0.3) is 0 Å². The Morgan fingerprint density at radius 2 is 1.64 bits per heavy atom. The van der Waals surface area contributed by atoms with Crippen molar-refractivity contribution in [2.45, 2.75) is 63.6 Å². The summed E-state index contributed by atoms with van der Waals surface area (Å²) in [5.74, 6) is 0. The number of H-pyrrole nitrogens is 1. The fourth-order valence-corrected chi connectivity index (χ4v) is 5.33. The van der Waals surface area contributed by atoms with E-state index in [1.807, 2.05) is 0 Å². The van der Waals surface area contributed by atoms with Crippen molar-refractivity contribution >= 4 is 10.9 Å². The van der Waals surface area contributed by atoms with Gasteiger partial charge in [0.05, 0.1) is 11.6 Å². The zero-order chi connectivity index (χ0) is 19.7. The maximum atomic E-state index is 11.8. The molecule has 148 valence electrons. The predicted octanol–water partition coefficient (Wildman–Crippen LogP) is 5.45. The molecule has 0 bridgehead atoms. The summed E-state index contributed by atoms with van der Waals surface area (Å²) in [7, 11) is 2.19. The Morgan fingerprint density at radius 3 is 2.32 bits per heavy atom. The van der Waals surface area contributed by atoms with Gasteiger partial charge in [-0.3, -0.25) is 4.90 Å². The van der Waals surface area contributed by atoms with Gasteiger partial charge in [0.1, 0.15) is 0 Å². The van der Waals surface area contributed by atoms with E-state index in [1.165, 1.54) is 27.7 Å². The van der Waals surface area contributed by atoms with Gasteiger partial charge >= 0.3 is 0 Å². The molecule has 0 unspecified atom stereocenters. The first-order valence-corrected chi connectivity index (χ1v) is 10.7. The van der Waals surface area contributed by atoms with Crippen LogP contribution in [0.15, 0.2) is 54.6 Å². The third-order valence-electron chi connectivity index (χ3n) is 6.52. The van der Waals surface area contributed by atoms with E-state index >= 15 is 0 Å². The molecule has 3 nitrogen and oxygen atoms in total. The Kier molecular flexibility index (Phi) is 5.31. The first-order chi connectivity index (χ1) is 13.6. The molecule has 4 rings (SSSR count). The molecule has 0 spiro atoms. The van der Waals surface area contributed by atoms with Crippen molar-refractivity contribution in [2.75, 3.05) is 7.05 Å². The number of aliphatic hydroxyl groups is 1. The van der Waals surface area contributed by atoms with Crippen LogP contribution in [0, 0.1) is 0 Å². The van der Waals surface area contributed by atoms with E-state index in [4.69, 9.17) is 0 Å². The average molecular weight is 377 g/mol. The molecule has 0 radical (unpaired) electrons. The van der Waals surface area contributed by atoms with Crippen molar-refractivity contribution in [3.05, 3.63) is 71.4 Å². The number of aromatic nitrogens is 1. The quantitative estimate of drug-likeness (QED) is 0.601. The largest absolute Gasteiger partial charge is 0.388 e. The van der Waals surface area contributed by atoms with Gasteiger partial charge in [-0.15, -0.1) is 0 Å². The lowest BCUT2D eigenvalue weighted by molar-refractivity contribution is -0.0662. The van der Waals surface area contributed by atoms with Crippen LogP contribution in [0.4, 0.5) is 0 Å². The lowest BCUT2D eigenvalue weighted by Gasteiger charge is -2.48. The lowest BCUT2D eigenvalue weighted by atomic mass is 9.77. The zero-order valence-corrected chi connectivity index (χ0v) is 17.3. The number of hydrogen-bond donors (Lipinski definition) is 2. The number of nitrogens with one attached hydrogen (secondary N) is 1. The fraction of sp³-hybridized carbons (Fsp3) is 0.440. The maximum absolute atomic E-state index is 11.8. The van der Waals surface area contributed by atoms with E-state index in [0.29, 0.717) is 0 Å². The molecule has 2 N–H and O–H groups in total. The standard InChI is InChI=1S/C25H32N2O/c1-4-15-25(28,16-5-2)22-17-20-19-13-9-10-14-21(19)26-23(20)24(27(22)3)18-11-7-6-8-12-18/h6-14,22,24,26,28H,4-5,15-17H2,1-3H3/t22-,24+/m0/s1. The number of fused-ring (bicyclic) bond motifs is 3. The first-order valence-electron chi connectivity index (χ1n) is 10.7. The fourth-order valence-electron chi connectivity index (χ4n) is 5.33. The SMILES string of the molecule is CCCC(O)(CCC)[C@@H]1Cc2c([nH]c3ccccc23)[C@@H](c2ccccc2)N1C. The van der Waals surface area contributed by atoms with E-state index in [-0.39, 0.29) is 12.1 Å². The van der Waals surface area contributed by atoms with E-state index < -0.39 is 5.60 Å². The summed E-state index contributed by atoms with van der Waals surface area (Å²) in [4.78, 5) is 6.12. The van der Waals surface area contributed by atoms with Crippen LogP contribution in [0.2, 0.25) is 0 Å². The van der Waals surface area contributed by atoms with Gasteiger partial charge in [0, 0.05) is 22.6 Å². The van der Waals surface area contributed by atoms with Gasteiger partial charge < -0.3 is 10.1 Å². The Morgan fingerprint density at radius 1 is 1.00 bits per heavy atom. The van der Waals surface area contributed by atoms with Crippen LogP contribution < -0.4 is 0 Å². The van der Waals surface area contributed by atoms with Crippen LogP contribution in [0.3, 0.4) is 0 Å². The Balaban J connectivity index is 1.89. The number of para-hydroxylation sites is 1. The van der Waals surface area contributed by atoms with Gasteiger partial charge in [-0.25, -0.2) is 0 Å². The summed E-state index contributed by atoms with van der Waals surface area (Å²) in [5, 5.41) is 13.1. The van der Waals surface area contributed by atoms with Crippen LogP contribution in [0.5, 0.6) is 0 Å². The minimum atomic E-state index is -0.665. The highest BCUT2D eigenvalue weighted by Gasteiger charge is 2.45. The predicted molar refractivity (Wildman–Crippen MR) is 117 cm³/mol. The molecule has 28 heavy (non-hydrogen) atoms. The minimum Gasteiger partial charge on any atom is -0.388 e. The highest BCUT2D eigenvalue weighted by Crippen LogP contribution is 2.44. The second-order valence-corrected chi connectivity index (χ2v) is 8.36. The molecule has 1 aliphatic heterocycles. The maximum Gasteiger partial charge on any atom is 0.0805 e. The van der Waals surface area contributed by atoms with E-state index in [0.717, 1.165) is 32.1 Å². The van der Waals surface area contributed by atoms with Crippen molar-refractivity contribution in [1.82, 2.24) is 9.88 Å². The molecule has 3 aromatic rings. The van der Waals surface area contributed by atoms with Gasteiger partial charge in [0.2, 0.25) is 0 Å². The molecule has 1 aromatic heterocycles. The number of aromatic amines is 1. The van der Waals surface area contributed by atoms with Crippen LogP contribution in [0.25, 0.3) is 10.9 Å². The van der Waals surface area contributed by atoms with Crippen LogP contribution in [-0.4, -0.2) is 33.7 Å². The van der Waals surface area contributed by atoms with Crippen LogP contribution in [0.1, 0.15) is 62.4 Å². The van der Waals surface area contributed by atoms with Crippen molar-refractivity contribution in [3.63, 3.8) is 0 Å². The summed E-state index contributed by atoms with van der Waals surface area (Å²) < 4.78 is 0. The summed E-state index contributed by atoms with van der Waals surface area (Å²) in [6, 6.07) is 19.5. The third-order valence-corrected chi connectivity index (χ3v) is 6.52. The van der Waals surface area contributed by atoms with Crippen molar-refractivity contribution in [2.24, 2.45) is 0 Å². The van der Waals surface area contributed by atoms with E-state index in [2.05, 4.69) is 85.4 Å². The summed E-state index contributed by atoms with van der Waals surface area (Å²) >= 11 is 0. The topological polar surface area (TPSA) is 39.3 Å². The highest BCUT2D eigenvalue weighted by molar-refractivity contribution is 5.85. The number of hydrogen-bond acceptors (Lipinski definition) is 2. The third kappa shape index (κ3) is 3.17. The molecule has 0 aliphatic carbocycles. The summed E-state index contributed by atoms with van der Waals surface area (Å²) in [5.41, 5.74) is 4.45. The average Bonchev–Trinajstić information content (AvgIpc) is 3.06. The monoisotopic (exact) mass is 376 g/mol. The zero-order valence-electron chi connectivity index (χ0n) is 17.3. The van der Waals surface area contributed by atoms with Gasteiger partial charge in [-0.05, 0) is 43.5 Å². The Hall–Kier alpha value is -2.10. The Bertz CT molecular complexity index is 924. The van der Waals surface area contributed by atoms with Crippen molar-refractivity contribution < 1.29 is 5.11 Å². The molecule has 2 heterocycles. The molecule has 2 aromatic carbocycles. The van der Waals surface area contributed by atoms with Gasteiger partial charge in [-0.1, -0.05) is 75.2 Å². The smallest absolute Gasteiger partial charge is 0.0805 e. The summed E-state index contributed by atoms with van der Waals surface area (Å²) in [6.07, 6.45) is 4.56. The van der Waals surface area contributed by atoms with E-state index in [9.17, 15) is 5.11 Å². The first kappa shape index (κ1) is 19.2. The molecule has 0 amide bonds. The second kappa shape index (κ2) is 7.73. The molecule has 3 heteroatoms. The molecule has 0 saturated heterocycles. The molecule has 2 atom stereocenters. The number of likely N-dealkylation sites (N-methyl/N-ethyl adjacent to an activating group) is 1. The minimum absolute atomic E-state index is 0.101. The van der Waals surface area contributed by atoms with E-state index in [1.54, 1.807) is 0 Å². The molecular weight excluding hydrogens is 344 g/mol. The Labute approximate surface area is 168 Å².